The molecule has 0 radical (unpaired) electrons. The van der Waals surface area contributed by atoms with Gasteiger partial charge in [0.05, 0.1) is 24.3 Å². The minimum absolute atomic E-state index is 0.153. The van der Waals surface area contributed by atoms with Gasteiger partial charge in [-0.15, -0.1) is 0 Å². The molecule has 0 spiro atoms. The van der Waals surface area contributed by atoms with Crippen LogP contribution in [0.25, 0.3) is 6.08 Å². The highest BCUT2D eigenvalue weighted by Crippen LogP contribution is 2.39. The zero-order chi connectivity index (χ0) is 17.4. The molecule has 1 aromatic carbocycles. The third-order valence-corrected chi connectivity index (χ3v) is 4.58. The number of carbonyl (C=O) groups is 1. The van der Waals surface area contributed by atoms with E-state index >= 15 is 0 Å². The van der Waals surface area contributed by atoms with E-state index in [0.29, 0.717) is 42.4 Å². The number of furan rings is 1. The minimum atomic E-state index is -0.192. The second-order valence-corrected chi connectivity index (χ2v) is 6.37. The Morgan fingerprint density at radius 2 is 2.00 bits per heavy atom. The summed E-state index contributed by atoms with van der Waals surface area (Å²) < 4.78 is 16.7. The second-order valence-electron chi connectivity index (χ2n) is 6.37. The van der Waals surface area contributed by atoms with E-state index in [-0.39, 0.29) is 17.3 Å². The van der Waals surface area contributed by atoms with E-state index in [9.17, 15) is 9.90 Å². The number of fused-ring (bicyclic) bond motifs is 1. The Balaban J connectivity index is 1.65. The molecular weight excluding hydrogens is 322 g/mol. The SMILES string of the molecule is Cc1ccc(/C=C2/Oc3c(ccc(O)c3C[NH+]3CCOCC3)C2=O)o1. The van der Waals surface area contributed by atoms with Crippen molar-refractivity contribution in [2.45, 2.75) is 13.5 Å². The van der Waals surface area contributed by atoms with Crippen LogP contribution < -0.4 is 9.64 Å². The highest BCUT2D eigenvalue weighted by atomic mass is 16.5. The number of allylic oxidation sites excluding steroid dienone is 1. The van der Waals surface area contributed by atoms with Gasteiger partial charge in [0, 0.05) is 6.08 Å². The molecule has 1 saturated heterocycles. The number of ketones is 1. The lowest BCUT2D eigenvalue weighted by atomic mass is 10.0. The summed E-state index contributed by atoms with van der Waals surface area (Å²) in [6, 6.07) is 6.80. The van der Waals surface area contributed by atoms with Gasteiger partial charge in [0.2, 0.25) is 5.78 Å². The van der Waals surface area contributed by atoms with Crippen molar-refractivity contribution in [2.75, 3.05) is 26.3 Å². The van der Waals surface area contributed by atoms with Crippen molar-refractivity contribution in [3.63, 3.8) is 0 Å². The van der Waals surface area contributed by atoms with Gasteiger partial charge in [-0.05, 0) is 31.2 Å². The number of ether oxygens (including phenoxy) is 2. The van der Waals surface area contributed by atoms with E-state index in [1.54, 1.807) is 24.3 Å². The van der Waals surface area contributed by atoms with E-state index in [2.05, 4.69) is 0 Å². The molecule has 130 valence electrons. The van der Waals surface area contributed by atoms with Crippen molar-refractivity contribution < 1.29 is 28.7 Å². The molecule has 3 heterocycles. The molecule has 2 N–H and O–H groups in total. The number of nitrogens with one attached hydrogen (secondary N) is 1. The fourth-order valence-corrected chi connectivity index (χ4v) is 3.21. The third kappa shape index (κ3) is 3.06. The van der Waals surface area contributed by atoms with Gasteiger partial charge in [-0.2, -0.15) is 0 Å². The molecule has 0 amide bonds. The quantitative estimate of drug-likeness (QED) is 0.823. The molecule has 0 saturated carbocycles. The fraction of sp³-hybridized carbons (Fsp3) is 0.316. The number of hydrogen-bond acceptors (Lipinski definition) is 5. The average molecular weight is 342 g/mol. The van der Waals surface area contributed by atoms with Gasteiger partial charge in [0.1, 0.15) is 36.9 Å². The molecule has 1 aromatic heterocycles. The molecule has 0 atom stereocenters. The van der Waals surface area contributed by atoms with Crippen LogP contribution in [0.5, 0.6) is 11.5 Å². The van der Waals surface area contributed by atoms with E-state index in [1.807, 2.05) is 13.0 Å². The molecule has 0 unspecified atom stereocenters. The lowest BCUT2D eigenvalue weighted by molar-refractivity contribution is -0.921. The zero-order valence-electron chi connectivity index (χ0n) is 14.0. The van der Waals surface area contributed by atoms with E-state index in [0.717, 1.165) is 18.8 Å². The van der Waals surface area contributed by atoms with Gasteiger partial charge in [0.25, 0.3) is 0 Å². The largest absolute Gasteiger partial charge is 0.507 e. The predicted octanol–water partition coefficient (Wildman–Crippen LogP) is 1.32. The summed E-state index contributed by atoms with van der Waals surface area (Å²) in [5.74, 6) is 1.97. The van der Waals surface area contributed by atoms with Crippen LogP contribution in [-0.2, 0) is 11.3 Å². The lowest BCUT2D eigenvalue weighted by Crippen LogP contribution is -3.12. The summed E-state index contributed by atoms with van der Waals surface area (Å²) in [4.78, 5) is 13.9. The molecule has 1 fully saturated rings. The first kappa shape index (κ1) is 15.9. The summed E-state index contributed by atoms with van der Waals surface area (Å²) in [5.41, 5.74) is 1.15. The van der Waals surface area contributed by atoms with Crippen LogP contribution in [0, 0.1) is 6.92 Å². The topological polar surface area (TPSA) is 73.3 Å². The van der Waals surface area contributed by atoms with Gasteiger partial charge < -0.3 is 23.9 Å². The Bertz CT molecular complexity index is 845. The molecule has 2 aliphatic rings. The summed E-state index contributed by atoms with van der Waals surface area (Å²) >= 11 is 0. The van der Waals surface area contributed by atoms with Crippen LogP contribution in [0.15, 0.2) is 34.4 Å². The molecule has 4 rings (SSSR count). The van der Waals surface area contributed by atoms with Crippen LogP contribution >= 0.6 is 0 Å². The first-order chi connectivity index (χ1) is 12.1. The van der Waals surface area contributed by atoms with Gasteiger partial charge >= 0.3 is 0 Å². The van der Waals surface area contributed by atoms with Crippen molar-refractivity contribution in [2.24, 2.45) is 0 Å². The second kappa shape index (κ2) is 6.38. The number of morpholine rings is 1. The Morgan fingerprint density at radius 3 is 2.72 bits per heavy atom. The van der Waals surface area contributed by atoms with Crippen LogP contribution in [-0.4, -0.2) is 37.2 Å². The van der Waals surface area contributed by atoms with Gasteiger partial charge in [-0.1, -0.05) is 0 Å². The van der Waals surface area contributed by atoms with E-state index in [4.69, 9.17) is 13.9 Å². The number of aromatic hydroxyl groups is 1. The van der Waals surface area contributed by atoms with Gasteiger partial charge in [-0.25, -0.2) is 0 Å². The number of hydrogen-bond donors (Lipinski definition) is 2. The van der Waals surface area contributed by atoms with Crippen molar-refractivity contribution >= 4 is 11.9 Å². The number of quaternary nitrogens is 1. The molecule has 25 heavy (non-hydrogen) atoms. The monoisotopic (exact) mass is 342 g/mol. The standard InChI is InChI=1S/C19H19NO5/c1-12-2-3-13(24-12)10-17-18(22)14-4-5-16(21)15(19(14)25-17)11-20-6-8-23-9-7-20/h2-5,10,21H,6-9,11H2,1H3/p+1/b17-10+. The number of rotatable bonds is 3. The number of phenolic OH excluding ortho intramolecular Hbond substituents is 1. The normalized spacial score (nSPS) is 19.2. The third-order valence-electron chi connectivity index (χ3n) is 4.58. The predicted molar refractivity (Wildman–Crippen MR) is 89.7 cm³/mol. The maximum absolute atomic E-state index is 12.6. The van der Waals surface area contributed by atoms with Crippen molar-refractivity contribution in [3.8, 4) is 11.5 Å². The lowest BCUT2D eigenvalue weighted by Gasteiger charge is -2.24. The van der Waals surface area contributed by atoms with Crippen LogP contribution in [0.1, 0.15) is 27.4 Å². The molecule has 0 bridgehead atoms. The maximum Gasteiger partial charge on any atom is 0.232 e. The Labute approximate surface area is 145 Å². The van der Waals surface area contributed by atoms with Crippen LogP contribution in [0.2, 0.25) is 0 Å². The number of benzene rings is 1. The summed E-state index contributed by atoms with van der Waals surface area (Å²) in [6.07, 6.45) is 1.59. The Morgan fingerprint density at radius 1 is 1.20 bits per heavy atom. The van der Waals surface area contributed by atoms with Crippen molar-refractivity contribution in [3.05, 3.63) is 52.7 Å². The van der Waals surface area contributed by atoms with Crippen LogP contribution in [0.4, 0.5) is 0 Å². The van der Waals surface area contributed by atoms with Crippen LogP contribution in [0.3, 0.4) is 0 Å². The summed E-state index contributed by atoms with van der Waals surface area (Å²) in [6.45, 7) is 5.58. The van der Waals surface area contributed by atoms with E-state index < -0.39 is 0 Å². The molecule has 2 aromatic rings. The number of phenols is 1. The molecule has 6 nitrogen and oxygen atoms in total. The Kier molecular flexibility index (Phi) is 4.07. The maximum atomic E-state index is 12.6. The number of aryl methyl sites for hydroxylation is 1. The summed E-state index contributed by atoms with van der Waals surface area (Å²) in [5, 5.41) is 10.3. The molecule has 0 aliphatic carbocycles. The molecule has 2 aliphatic heterocycles. The van der Waals surface area contributed by atoms with E-state index in [1.165, 1.54) is 4.90 Å². The molecule has 6 heteroatoms. The number of carbonyl (C=O) groups excluding carboxylic acids is 1. The first-order valence-electron chi connectivity index (χ1n) is 8.38. The zero-order valence-corrected chi connectivity index (χ0v) is 14.0. The van der Waals surface area contributed by atoms with Crippen molar-refractivity contribution in [1.82, 2.24) is 0 Å². The first-order valence-corrected chi connectivity index (χ1v) is 8.38. The molecular formula is C19H20NO5+. The summed E-state index contributed by atoms with van der Waals surface area (Å²) in [7, 11) is 0. The highest BCUT2D eigenvalue weighted by Gasteiger charge is 2.33. The smallest absolute Gasteiger partial charge is 0.232 e. The Hall–Kier alpha value is -2.57. The number of Topliss-reactive ketones (excluding diaryl/α,β-unsaturated/α-hetero) is 1. The highest BCUT2D eigenvalue weighted by molar-refractivity contribution is 6.14. The van der Waals surface area contributed by atoms with Gasteiger partial charge in [-0.3, -0.25) is 4.79 Å². The van der Waals surface area contributed by atoms with Crippen molar-refractivity contribution in [1.29, 1.82) is 0 Å². The van der Waals surface area contributed by atoms with Gasteiger partial charge in [0.15, 0.2) is 11.5 Å². The fourth-order valence-electron chi connectivity index (χ4n) is 3.21. The minimum Gasteiger partial charge on any atom is -0.507 e. The average Bonchev–Trinajstić information content (AvgIpc) is 3.16.